The Balaban J connectivity index is 2.65. The van der Waals surface area contributed by atoms with Crippen LogP contribution in [0, 0.1) is 0 Å². The van der Waals surface area contributed by atoms with Gasteiger partial charge in [0, 0.05) is 39.0 Å². The largest absolute Gasteiger partial charge is 0.396 e. The van der Waals surface area contributed by atoms with Crippen LogP contribution >= 0.6 is 0 Å². The fourth-order valence-electron chi connectivity index (χ4n) is 1.22. The van der Waals surface area contributed by atoms with Gasteiger partial charge in [0.1, 0.15) is 0 Å². The maximum atomic E-state index is 11.8. The quantitative estimate of drug-likeness (QED) is 0.717. The molecule has 1 rings (SSSR count). The zero-order chi connectivity index (χ0) is 12.9. The van der Waals surface area contributed by atoms with Crippen LogP contribution in [0.1, 0.15) is 13.3 Å². The number of nitrogens with zero attached hydrogens (tertiary/aromatic N) is 3. The lowest BCUT2D eigenvalue weighted by molar-refractivity contribution is 0.276. The highest BCUT2D eigenvalue weighted by atomic mass is 32.2. The van der Waals surface area contributed by atoms with Gasteiger partial charge >= 0.3 is 10.2 Å². The van der Waals surface area contributed by atoms with Gasteiger partial charge in [-0.15, -0.1) is 0 Å². The van der Waals surface area contributed by atoms with E-state index >= 15 is 0 Å². The van der Waals surface area contributed by atoms with E-state index in [-0.39, 0.29) is 13.2 Å². The van der Waals surface area contributed by atoms with Crippen molar-refractivity contribution in [3.8, 4) is 0 Å². The summed E-state index contributed by atoms with van der Waals surface area (Å²) in [5.41, 5.74) is 0. The minimum atomic E-state index is -3.58. The summed E-state index contributed by atoms with van der Waals surface area (Å²) >= 11 is 0. The number of aryl methyl sites for hydroxylation is 1. The van der Waals surface area contributed by atoms with Crippen LogP contribution < -0.4 is 4.72 Å². The molecule has 0 fully saturated rings. The van der Waals surface area contributed by atoms with Crippen molar-refractivity contribution < 1.29 is 13.5 Å². The lowest BCUT2D eigenvalue weighted by Crippen LogP contribution is -2.33. The maximum absolute atomic E-state index is 11.8. The number of rotatable bonds is 7. The molecule has 1 heterocycles. The van der Waals surface area contributed by atoms with Crippen molar-refractivity contribution in [1.82, 2.24) is 14.1 Å². The first-order valence-electron chi connectivity index (χ1n) is 5.38. The second-order valence-corrected chi connectivity index (χ2v) is 5.34. The van der Waals surface area contributed by atoms with E-state index < -0.39 is 10.2 Å². The number of hydrogen-bond acceptors (Lipinski definition) is 4. The summed E-state index contributed by atoms with van der Waals surface area (Å²) in [4.78, 5) is 0. The molecule has 0 unspecified atom stereocenters. The molecule has 0 saturated heterocycles. The minimum Gasteiger partial charge on any atom is -0.396 e. The Morgan fingerprint density at radius 3 is 2.82 bits per heavy atom. The molecule has 0 atom stereocenters. The lowest BCUT2D eigenvalue weighted by Gasteiger charge is -2.16. The summed E-state index contributed by atoms with van der Waals surface area (Å²) in [7, 11) is -2.13. The van der Waals surface area contributed by atoms with Crippen LogP contribution in [0.3, 0.4) is 0 Å². The second-order valence-electron chi connectivity index (χ2n) is 3.56. The van der Waals surface area contributed by atoms with Crippen molar-refractivity contribution in [2.45, 2.75) is 19.9 Å². The maximum Gasteiger partial charge on any atom is 0.302 e. The predicted molar refractivity (Wildman–Crippen MR) is 64.8 cm³/mol. The first-order valence-corrected chi connectivity index (χ1v) is 6.82. The summed E-state index contributed by atoms with van der Waals surface area (Å²) in [5, 5.41) is 12.7. The van der Waals surface area contributed by atoms with Gasteiger partial charge < -0.3 is 5.11 Å². The van der Waals surface area contributed by atoms with Gasteiger partial charge in [-0.2, -0.15) is 17.8 Å². The monoisotopic (exact) mass is 262 g/mol. The highest BCUT2D eigenvalue weighted by Crippen LogP contribution is 2.07. The number of anilines is 1. The van der Waals surface area contributed by atoms with Gasteiger partial charge in [-0.05, 0) is 13.3 Å². The van der Waals surface area contributed by atoms with Crippen LogP contribution in [0.2, 0.25) is 0 Å². The van der Waals surface area contributed by atoms with E-state index in [2.05, 4.69) is 9.82 Å². The van der Waals surface area contributed by atoms with Crippen LogP contribution in [-0.2, 0) is 16.8 Å². The number of aromatic nitrogens is 2. The van der Waals surface area contributed by atoms with Crippen molar-refractivity contribution in [2.75, 3.05) is 24.9 Å². The van der Waals surface area contributed by atoms with Crippen LogP contribution in [-0.4, -0.2) is 47.8 Å². The third-order valence-corrected chi connectivity index (χ3v) is 3.71. The molecule has 0 radical (unpaired) electrons. The third kappa shape index (κ3) is 3.99. The first kappa shape index (κ1) is 13.9. The van der Waals surface area contributed by atoms with E-state index in [9.17, 15) is 8.42 Å². The molecule has 0 amide bonds. The molecule has 0 aliphatic rings. The van der Waals surface area contributed by atoms with Crippen molar-refractivity contribution in [2.24, 2.45) is 0 Å². The molecule has 1 aromatic heterocycles. The molecule has 0 aliphatic carbocycles. The molecule has 98 valence electrons. The molecule has 1 aromatic rings. The van der Waals surface area contributed by atoms with Gasteiger partial charge in [-0.25, -0.2) is 0 Å². The fourth-order valence-corrected chi connectivity index (χ4v) is 2.11. The van der Waals surface area contributed by atoms with Gasteiger partial charge in [-0.1, -0.05) is 0 Å². The van der Waals surface area contributed by atoms with Gasteiger partial charge in [0.25, 0.3) is 0 Å². The molecule has 17 heavy (non-hydrogen) atoms. The SMILES string of the molecule is CCn1ccc(NS(=O)(=O)N(C)CCCO)n1. The standard InChI is InChI=1S/C9H18N4O3S/c1-3-13-7-5-9(10-13)11-17(15,16)12(2)6-4-8-14/h5,7,14H,3-4,6,8H2,1-2H3,(H,10,11). The van der Waals surface area contributed by atoms with E-state index in [0.29, 0.717) is 18.8 Å². The van der Waals surface area contributed by atoms with Gasteiger partial charge in [0.2, 0.25) is 0 Å². The van der Waals surface area contributed by atoms with Gasteiger partial charge in [0.15, 0.2) is 5.82 Å². The first-order chi connectivity index (χ1) is 7.99. The minimum absolute atomic E-state index is 0.0374. The number of nitrogens with one attached hydrogen (secondary N) is 1. The summed E-state index contributed by atoms with van der Waals surface area (Å²) in [6.45, 7) is 2.82. The van der Waals surface area contributed by atoms with E-state index in [0.717, 1.165) is 4.31 Å². The van der Waals surface area contributed by atoms with Crippen molar-refractivity contribution in [1.29, 1.82) is 0 Å². The van der Waals surface area contributed by atoms with Crippen LogP contribution in [0.25, 0.3) is 0 Å². The van der Waals surface area contributed by atoms with Crippen molar-refractivity contribution >= 4 is 16.0 Å². The average molecular weight is 262 g/mol. The highest BCUT2D eigenvalue weighted by molar-refractivity contribution is 7.90. The summed E-state index contributed by atoms with van der Waals surface area (Å²) in [6.07, 6.45) is 2.10. The van der Waals surface area contributed by atoms with Crippen LogP contribution in [0.15, 0.2) is 12.3 Å². The summed E-state index contributed by atoms with van der Waals surface area (Å²) in [6, 6.07) is 1.60. The number of hydrogen-bond donors (Lipinski definition) is 2. The fraction of sp³-hybridized carbons (Fsp3) is 0.667. The van der Waals surface area contributed by atoms with Gasteiger partial charge in [0.05, 0.1) is 0 Å². The smallest absolute Gasteiger partial charge is 0.302 e. The van der Waals surface area contributed by atoms with Crippen LogP contribution in [0.4, 0.5) is 5.82 Å². The summed E-state index contributed by atoms with van der Waals surface area (Å²) in [5.74, 6) is 0.294. The molecule has 0 spiro atoms. The van der Waals surface area contributed by atoms with Crippen molar-refractivity contribution in [3.63, 3.8) is 0 Å². The normalized spacial score (nSPS) is 12.0. The Kier molecular flexibility index (Phi) is 4.91. The Labute approximate surface area is 101 Å². The molecule has 0 bridgehead atoms. The molecular weight excluding hydrogens is 244 g/mol. The van der Waals surface area contributed by atoms with E-state index in [1.54, 1.807) is 16.9 Å². The Bertz CT molecular complexity index is 443. The Morgan fingerprint density at radius 1 is 1.59 bits per heavy atom. The lowest BCUT2D eigenvalue weighted by atomic mass is 10.5. The number of aliphatic hydroxyl groups excluding tert-OH is 1. The van der Waals surface area contributed by atoms with Crippen molar-refractivity contribution in [3.05, 3.63) is 12.3 Å². The topological polar surface area (TPSA) is 87.5 Å². The number of aliphatic hydroxyl groups is 1. The zero-order valence-corrected chi connectivity index (χ0v) is 10.8. The highest BCUT2D eigenvalue weighted by Gasteiger charge is 2.17. The van der Waals surface area contributed by atoms with E-state index in [1.807, 2.05) is 6.92 Å². The molecule has 0 aliphatic heterocycles. The third-order valence-electron chi connectivity index (χ3n) is 2.24. The molecular formula is C9H18N4O3S. The molecule has 7 nitrogen and oxygen atoms in total. The zero-order valence-electron chi connectivity index (χ0n) is 10.00. The second kappa shape index (κ2) is 5.99. The molecule has 0 saturated carbocycles. The van der Waals surface area contributed by atoms with Crippen LogP contribution in [0.5, 0.6) is 0 Å². The Hall–Kier alpha value is -1.12. The molecule has 0 aromatic carbocycles. The summed E-state index contributed by atoms with van der Waals surface area (Å²) < 4.78 is 28.7. The van der Waals surface area contributed by atoms with E-state index in [1.165, 1.54) is 7.05 Å². The predicted octanol–water partition coefficient (Wildman–Crippen LogP) is -0.126. The van der Waals surface area contributed by atoms with Gasteiger partial charge in [-0.3, -0.25) is 9.40 Å². The average Bonchev–Trinajstić information content (AvgIpc) is 2.72. The van der Waals surface area contributed by atoms with E-state index in [4.69, 9.17) is 5.11 Å². The molecule has 8 heteroatoms. The Morgan fingerprint density at radius 2 is 2.29 bits per heavy atom. The molecule has 2 N–H and O–H groups in total.